The van der Waals surface area contributed by atoms with Crippen molar-refractivity contribution in [3.8, 4) is 0 Å². The first-order valence-electron chi connectivity index (χ1n) is 9.29. The Kier molecular flexibility index (Phi) is 6.23. The molecule has 0 aromatic heterocycles. The lowest BCUT2D eigenvalue weighted by molar-refractivity contribution is -0.122. The third kappa shape index (κ3) is 4.85. The summed E-state index contributed by atoms with van der Waals surface area (Å²) in [6, 6.07) is 12.9. The molecule has 5 nitrogen and oxygen atoms in total. The van der Waals surface area contributed by atoms with E-state index in [1.54, 1.807) is 0 Å². The Morgan fingerprint density at radius 2 is 1.86 bits per heavy atom. The first-order valence-corrected chi connectivity index (χ1v) is 9.29. The largest absolute Gasteiger partial charge is 0.352 e. The Balaban J connectivity index is 1.49. The van der Waals surface area contributed by atoms with Crippen molar-refractivity contribution in [3.63, 3.8) is 0 Å². The number of hydrogen-bond donors (Lipinski definition) is 1. The number of nitrogens with one attached hydrogen (secondary N) is 1. The highest BCUT2D eigenvalue weighted by molar-refractivity contribution is 5.96. The quantitative estimate of drug-likeness (QED) is 0.792. The minimum atomic E-state index is -1.01. The first-order chi connectivity index (χ1) is 13.4. The molecule has 1 N–H and O–H groups in total. The van der Waals surface area contributed by atoms with Crippen LogP contribution in [0.3, 0.4) is 0 Å². The van der Waals surface area contributed by atoms with Crippen LogP contribution in [0.25, 0.3) is 0 Å². The molecule has 1 heterocycles. The molecule has 1 saturated heterocycles. The molecule has 1 aliphatic rings. The van der Waals surface area contributed by atoms with Gasteiger partial charge >= 0.3 is 6.03 Å². The summed E-state index contributed by atoms with van der Waals surface area (Å²) in [5.41, 5.74) is 1.49. The molecule has 28 heavy (non-hydrogen) atoms. The molecule has 1 fully saturated rings. The second-order valence-electron chi connectivity index (χ2n) is 6.95. The van der Waals surface area contributed by atoms with Gasteiger partial charge in [-0.1, -0.05) is 30.3 Å². The van der Waals surface area contributed by atoms with Gasteiger partial charge in [-0.05, 0) is 37.5 Å². The molecule has 2 aromatic carbocycles. The van der Waals surface area contributed by atoms with E-state index in [-0.39, 0.29) is 24.2 Å². The van der Waals surface area contributed by atoms with Gasteiger partial charge in [0.05, 0.1) is 0 Å². The monoisotopic (exact) mass is 387 g/mol. The summed E-state index contributed by atoms with van der Waals surface area (Å²) < 4.78 is 26.5. The molecule has 7 heteroatoms. The molecule has 0 radical (unpaired) electrons. The minimum Gasteiger partial charge on any atom is -0.352 e. The molecular weight excluding hydrogens is 364 g/mol. The maximum atomic E-state index is 13.4. The van der Waals surface area contributed by atoms with E-state index < -0.39 is 17.7 Å². The van der Waals surface area contributed by atoms with Gasteiger partial charge in [-0.25, -0.2) is 13.6 Å². The number of nitrogens with zero attached hydrogens (tertiary/aromatic N) is 2. The standard InChI is InChI=1S/C21H23F2N3O2/c1-15(7-8-16-5-3-2-4-6-16)24-20(27)14-25-11-12-26(21(25)28)17-9-10-18(22)19(23)13-17/h2-6,9-10,13,15H,7-8,11-12,14H2,1H3,(H,24,27). The lowest BCUT2D eigenvalue weighted by atomic mass is 10.1. The van der Waals surface area contributed by atoms with Gasteiger partial charge in [-0.15, -0.1) is 0 Å². The summed E-state index contributed by atoms with van der Waals surface area (Å²) >= 11 is 0. The van der Waals surface area contributed by atoms with Crippen molar-refractivity contribution in [2.24, 2.45) is 0 Å². The fourth-order valence-electron chi connectivity index (χ4n) is 3.22. The van der Waals surface area contributed by atoms with E-state index in [1.165, 1.54) is 21.4 Å². The van der Waals surface area contributed by atoms with Crippen LogP contribution in [0, 0.1) is 11.6 Å². The van der Waals surface area contributed by atoms with E-state index in [1.807, 2.05) is 37.3 Å². The molecule has 148 valence electrons. The highest BCUT2D eigenvalue weighted by Crippen LogP contribution is 2.22. The molecule has 0 saturated carbocycles. The Bertz CT molecular complexity index is 845. The van der Waals surface area contributed by atoms with Crippen molar-refractivity contribution in [1.82, 2.24) is 10.2 Å². The molecule has 3 rings (SSSR count). The normalized spacial score (nSPS) is 15.0. The topological polar surface area (TPSA) is 52.7 Å². The number of aryl methyl sites for hydroxylation is 1. The van der Waals surface area contributed by atoms with Gasteiger partial charge in [-0.3, -0.25) is 9.69 Å². The molecular formula is C21H23F2N3O2. The van der Waals surface area contributed by atoms with E-state index in [0.717, 1.165) is 25.0 Å². The Hall–Kier alpha value is -2.96. The number of carbonyl (C=O) groups is 2. The molecule has 0 spiro atoms. The van der Waals surface area contributed by atoms with E-state index in [9.17, 15) is 18.4 Å². The van der Waals surface area contributed by atoms with Crippen LogP contribution in [0.4, 0.5) is 19.3 Å². The molecule has 3 amide bonds. The summed E-state index contributed by atoms with van der Waals surface area (Å²) in [6.45, 7) is 2.54. The first kappa shape index (κ1) is 19.8. The molecule has 0 aliphatic carbocycles. The van der Waals surface area contributed by atoms with E-state index in [2.05, 4.69) is 5.32 Å². The van der Waals surface area contributed by atoms with E-state index in [0.29, 0.717) is 13.1 Å². The number of amides is 3. The van der Waals surface area contributed by atoms with Gasteiger partial charge in [-0.2, -0.15) is 0 Å². The van der Waals surface area contributed by atoms with Gasteiger partial charge in [0, 0.05) is 30.9 Å². The Labute approximate surface area is 162 Å². The van der Waals surface area contributed by atoms with Crippen molar-refractivity contribution in [2.45, 2.75) is 25.8 Å². The van der Waals surface area contributed by atoms with Crippen LogP contribution < -0.4 is 10.2 Å². The number of benzene rings is 2. The van der Waals surface area contributed by atoms with Crippen molar-refractivity contribution >= 4 is 17.6 Å². The highest BCUT2D eigenvalue weighted by atomic mass is 19.2. The zero-order chi connectivity index (χ0) is 20.1. The van der Waals surface area contributed by atoms with Gasteiger partial charge in [0.25, 0.3) is 0 Å². The Morgan fingerprint density at radius 1 is 1.11 bits per heavy atom. The maximum absolute atomic E-state index is 13.4. The molecule has 1 unspecified atom stereocenters. The van der Waals surface area contributed by atoms with Gasteiger partial charge in [0.2, 0.25) is 5.91 Å². The van der Waals surface area contributed by atoms with Crippen LogP contribution in [0.1, 0.15) is 18.9 Å². The van der Waals surface area contributed by atoms with Crippen LogP contribution in [0.2, 0.25) is 0 Å². The lowest BCUT2D eigenvalue weighted by Gasteiger charge is -2.20. The van der Waals surface area contributed by atoms with Crippen molar-refractivity contribution in [2.75, 3.05) is 24.5 Å². The van der Waals surface area contributed by atoms with Gasteiger partial charge in [0.15, 0.2) is 11.6 Å². The van der Waals surface area contributed by atoms with Gasteiger partial charge in [0.1, 0.15) is 6.54 Å². The summed E-state index contributed by atoms with van der Waals surface area (Å²) in [6.07, 6.45) is 1.65. The Morgan fingerprint density at radius 3 is 2.57 bits per heavy atom. The SMILES string of the molecule is CC(CCc1ccccc1)NC(=O)CN1CCN(c2ccc(F)c(F)c2)C1=O. The summed E-state index contributed by atoms with van der Waals surface area (Å²) in [5, 5.41) is 2.91. The highest BCUT2D eigenvalue weighted by Gasteiger charge is 2.31. The fraction of sp³-hybridized carbons (Fsp3) is 0.333. The molecule has 0 bridgehead atoms. The number of anilines is 1. The van der Waals surface area contributed by atoms with E-state index >= 15 is 0 Å². The van der Waals surface area contributed by atoms with E-state index in [4.69, 9.17) is 0 Å². The number of carbonyl (C=O) groups excluding carboxylic acids is 2. The minimum absolute atomic E-state index is 0.0206. The van der Waals surface area contributed by atoms with Crippen LogP contribution in [-0.4, -0.2) is 42.5 Å². The average molecular weight is 387 g/mol. The number of rotatable bonds is 7. The molecule has 2 aromatic rings. The zero-order valence-corrected chi connectivity index (χ0v) is 15.7. The maximum Gasteiger partial charge on any atom is 0.325 e. The third-order valence-corrected chi connectivity index (χ3v) is 4.76. The van der Waals surface area contributed by atoms with Crippen LogP contribution in [-0.2, 0) is 11.2 Å². The number of halogens is 2. The average Bonchev–Trinajstić information content (AvgIpc) is 3.03. The predicted molar refractivity (Wildman–Crippen MR) is 103 cm³/mol. The fourth-order valence-corrected chi connectivity index (χ4v) is 3.22. The lowest BCUT2D eigenvalue weighted by Crippen LogP contribution is -2.42. The van der Waals surface area contributed by atoms with Crippen LogP contribution in [0.15, 0.2) is 48.5 Å². The second kappa shape index (κ2) is 8.82. The number of hydrogen-bond acceptors (Lipinski definition) is 2. The van der Waals surface area contributed by atoms with Crippen LogP contribution >= 0.6 is 0 Å². The summed E-state index contributed by atoms with van der Waals surface area (Å²) in [7, 11) is 0. The van der Waals surface area contributed by atoms with Crippen LogP contribution in [0.5, 0.6) is 0 Å². The van der Waals surface area contributed by atoms with Crippen molar-refractivity contribution < 1.29 is 18.4 Å². The molecule has 1 atom stereocenters. The summed E-state index contributed by atoms with van der Waals surface area (Å²) in [5.74, 6) is -2.20. The van der Waals surface area contributed by atoms with Crippen molar-refractivity contribution in [3.05, 3.63) is 65.7 Å². The number of urea groups is 1. The summed E-state index contributed by atoms with van der Waals surface area (Å²) in [4.78, 5) is 27.5. The van der Waals surface area contributed by atoms with Gasteiger partial charge < -0.3 is 10.2 Å². The molecule has 1 aliphatic heterocycles. The predicted octanol–water partition coefficient (Wildman–Crippen LogP) is 3.34. The third-order valence-electron chi connectivity index (χ3n) is 4.76. The van der Waals surface area contributed by atoms with Crippen molar-refractivity contribution in [1.29, 1.82) is 0 Å². The smallest absolute Gasteiger partial charge is 0.325 e. The second-order valence-corrected chi connectivity index (χ2v) is 6.95. The zero-order valence-electron chi connectivity index (χ0n) is 15.7.